The van der Waals surface area contributed by atoms with E-state index in [2.05, 4.69) is 86.8 Å². The van der Waals surface area contributed by atoms with E-state index in [1.165, 1.54) is 51.4 Å². The van der Waals surface area contributed by atoms with Crippen molar-refractivity contribution in [1.82, 2.24) is 0 Å². The van der Waals surface area contributed by atoms with Crippen LogP contribution in [-0.2, 0) is 14.3 Å². The number of allylic oxidation sites excluding steroid dienone is 12. The van der Waals surface area contributed by atoms with Gasteiger partial charge in [-0.2, -0.15) is 0 Å². The van der Waals surface area contributed by atoms with E-state index in [0.29, 0.717) is 13.0 Å². The highest BCUT2D eigenvalue weighted by molar-refractivity contribution is 5.69. The van der Waals surface area contributed by atoms with E-state index in [1.54, 1.807) is 0 Å². The fourth-order valence-electron chi connectivity index (χ4n) is 4.57. The maximum absolute atomic E-state index is 12.1. The summed E-state index contributed by atoms with van der Waals surface area (Å²) in [6.07, 6.45) is 49.4. The van der Waals surface area contributed by atoms with Crippen molar-refractivity contribution >= 4 is 5.97 Å². The molecule has 0 aromatic rings. The molecule has 0 aliphatic rings. The van der Waals surface area contributed by atoms with Crippen molar-refractivity contribution in [3.05, 3.63) is 72.9 Å². The molecule has 4 heteroatoms. The number of ether oxygens (including phenoxy) is 2. The summed E-state index contributed by atoms with van der Waals surface area (Å²) in [6, 6.07) is 0. The summed E-state index contributed by atoms with van der Waals surface area (Å²) < 4.78 is 11.1. The molecule has 0 radical (unpaired) electrons. The molecule has 0 spiro atoms. The standard InChI is InChI=1S/C40H68O4/c1-3-5-7-9-11-13-15-17-19-20-21-22-24-26-28-30-32-34-36-43-38-39(37-41)44-40(42)35-33-31-29-27-25-23-18-16-14-12-10-8-6-4-2/h5,7,10-13,16-19,21-22,39,41H,3-4,6,8-9,14-15,20,23-38H2,1-2H3/b7-5-,12-10-,13-11-,18-16-,19-17-,22-21-. The van der Waals surface area contributed by atoms with Gasteiger partial charge in [0.15, 0.2) is 0 Å². The zero-order valence-corrected chi connectivity index (χ0v) is 28.6. The number of carbonyl (C=O) groups excluding carboxylic acids is 1. The summed E-state index contributed by atoms with van der Waals surface area (Å²) in [5, 5.41) is 9.55. The van der Waals surface area contributed by atoms with Crippen molar-refractivity contribution in [2.45, 2.75) is 155 Å². The van der Waals surface area contributed by atoms with Gasteiger partial charge < -0.3 is 14.6 Å². The molecule has 4 nitrogen and oxygen atoms in total. The number of hydrogen-bond acceptors (Lipinski definition) is 4. The number of unbranched alkanes of at least 4 members (excludes halogenated alkanes) is 12. The Hall–Kier alpha value is -2.17. The Morgan fingerprint density at radius 2 is 1.02 bits per heavy atom. The molecular weight excluding hydrogens is 544 g/mol. The van der Waals surface area contributed by atoms with Crippen molar-refractivity contribution in [3.8, 4) is 0 Å². The lowest BCUT2D eigenvalue weighted by Gasteiger charge is -2.15. The Bertz CT molecular complexity index is 774. The van der Waals surface area contributed by atoms with Crippen LogP contribution in [0.2, 0.25) is 0 Å². The molecule has 0 heterocycles. The average molecular weight is 613 g/mol. The summed E-state index contributed by atoms with van der Waals surface area (Å²) >= 11 is 0. The summed E-state index contributed by atoms with van der Waals surface area (Å²) in [5.41, 5.74) is 0. The lowest BCUT2D eigenvalue weighted by Crippen LogP contribution is -2.27. The molecule has 0 aliphatic carbocycles. The van der Waals surface area contributed by atoms with Crippen LogP contribution >= 0.6 is 0 Å². The van der Waals surface area contributed by atoms with Crippen molar-refractivity contribution in [2.75, 3.05) is 19.8 Å². The van der Waals surface area contributed by atoms with E-state index in [0.717, 1.165) is 77.0 Å². The summed E-state index contributed by atoms with van der Waals surface area (Å²) in [5.74, 6) is -0.226. The third kappa shape index (κ3) is 34.3. The second-order valence-corrected chi connectivity index (χ2v) is 11.6. The van der Waals surface area contributed by atoms with Crippen LogP contribution in [0, 0.1) is 0 Å². The summed E-state index contributed by atoms with van der Waals surface area (Å²) in [7, 11) is 0. The van der Waals surface area contributed by atoms with Crippen LogP contribution < -0.4 is 0 Å². The van der Waals surface area contributed by atoms with Crippen molar-refractivity contribution in [1.29, 1.82) is 0 Å². The van der Waals surface area contributed by atoms with Crippen molar-refractivity contribution in [2.24, 2.45) is 0 Å². The molecule has 0 bridgehead atoms. The Labute approximate surface area is 272 Å². The molecule has 0 aliphatic heterocycles. The Morgan fingerprint density at radius 3 is 1.55 bits per heavy atom. The minimum absolute atomic E-state index is 0.189. The van der Waals surface area contributed by atoms with Crippen molar-refractivity contribution < 1.29 is 19.4 Å². The topological polar surface area (TPSA) is 55.8 Å². The number of esters is 1. The molecule has 0 aromatic heterocycles. The predicted octanol–water partition coefficient (Wildman–Crippen LogP) is 11.5. The highest BCUT2D eigenvalue weighted by Crippen LogP contribution is 2.10. The molecule has 1 unspecified atom stereocenters. The molecule has 1 N–H and O–H groups in total. The first-order valence-corrected chi connectivity index (χ1v) is 18.0. The first-order chi connectivity index (χ1) is 21.7. The minimum Gasteiger partial charge on any atom is -0.457 e. The van der Waals surface area contributed by atoms with Gasteiger partial charge in [-0.15, -0.1) is 0 Å². The maximum Gasteiger partial charge on any atom is 0.306 e. The van der Waals surface area contributed by atoms with Crippen molar-refractivity contribution in [3.63, 3.8) is 0 Å². The van der Waals surface area contributed by atoms with Gasteiger partial charge in [0, 0.05) is 13.0 Å². The third-order valence-corrected chi connectivity index (χ3v) is 7.27. The molecule has 0 fully saturated rings. The molecule has 0 aromatic carbocycles. The Kier molecular flexibility index (Phi) is 35.2. The lowest BCUT2D eigenvalue weighted by atomic mass is 10.1. The van der Waals surface area contributed by atoms with Gasteiger partial charge in [-0.25, -0.2) is 0 Å². The predicted molar refractivity (Wildman–Crippen MR) is 191 cm³/mol. The zero-order valence-electron chi connectivity index (χ0n) is 28.6. The van der Waals surface area contributed by atoms with Gasteiger partial charge in [0.25, 0.3) is 0 Å². The van der Waals surface area contributed by atoms with Gasteiger partial charge in [-0.1, -0.05) is 138 Å². The minimum atomic E-state index is -0.554. The first-order valence-electron chi connectivity index (χ1n) is 18.0. The highest BCUT2D eigenvalue weighted by atomic mass is 16.6. The van der Waals surface area contributed by atoms with E-state index in [1.807, 2.05) is 0 Å². The Morgan fingerprint density at radius 1 is 0.568 bits per heavy atom. The van der Waals surface area contributed by atoms with Crippen LogP contribution in [-0.4, -0.2) is 37.0 Å². The van der Waals surface area contributed by atoms with Crippen LogP contribution in [0.25, 0.3) is 0 Å². The second kappa shape index (κ2) is 37.0. The van der Waals surface area contributed by atoms with E-state index in [4.69, 9.17) is 9.47 Å². The van der Waals surface area contributed by atoms with Crippen LogP contribution in [0.15, 0.2) is 72.9 Å². The lowest BCUT2D eigenvalue weighted by molar-refractivity contribution is -0.154. The summed E-state index contributed by atoms with van der Waals surface area (Å²) in [4.78, 5) is 12.1. The molecule has 0 saturated heterocycles. The molecule has 252 valence electrons. The SMILES string of the molecule is CC/C=C\C/C=C\C/C=C\C/C=C\CCCCCCCOCC(CO)OC(=O)CCCCCCC/C=C\C/C=C\CCCC. The van der Waals surface area contributed by atoms with Gasteiger partial charge in [0.05, 0.1) is 13.2 Å². The monoisotopic (exact) mass is 613 g/mol. The quantitative estimate of drug-likeness (QED) is 0.0466. The molecule has 44 heavy (non-hydrogen) atoms. The van der Waals surface area contributed by atoms with Crippen LogP contribution in [0.4, 0.5) is 0 Å². The van der Waals surface area contributed by atoms with E-state index >= 15 is 0 Å². The average Bonchev–Trinajstić information content (AvgIpc) is 3.03. The highest BCUT2D eigenvalue weighted by Gasteiger charge is 2.13. The fraction of sp³-hybridized carbons (Fsp3) is 0.675. The number of rotatable bonds is 32. The number of aliphatic hydroxyl groups excluding tert-OH is 1. The fourth-order valence-corrected chi connectivity index (χ4v) is 4.57. The van der Waals surface area contributed by atoms with Crippen LogP contribution in [0.5, 0.6) is 0 Å². The largest absolute Gasteiger partial charge is 0.457 e. The van der Waals surface area contributed by atoms with Gasteiger partial charge in [0.1, 0.15) is 6.10 Å². The molecule has 0 rings (SSSR count). The number of aliphatic hydroxyl groups is 1. The van der Waals surface area contributed by atoms with E-state index in [-0.39, 0.29) is 19.2 Å². The smallest absolute Gasteiger partial charge is 0.306 e. The molecule has 0 saturated carbocycles. The third-order valence-electron chi connectivity index (χ3n) is 7.27. The maximum atomic E-state index is 12.1. The summed E-state index contributed by atoms with van der Waals surface area (Å²) in [6.45, 7) is 5.12. The Balaban J connectivity index is 3.55. The van der Waals surface area contributed by atoms with Gasteiger partial charge in [0.2, 0.25) is 0 Å². The van der Waals surface area contributed by atoms with Gasteiger partial charge >= 0.3 is 5.97 Å². The van der Waals surface area contributed by atoms with Crippen LogP contribution in [0.3, 0.4) is 0 Å². The number of hydrogen-bond donors (Lipinski definition) is 1. The first kappa shape index (κ1) is 41.8. The van der Waals surface area contributed by atoms with Gasteiger partial charge in [-0.05, 0) is 77.0 Å². The van der Waals surface area contributed by atoms with Crippen LogP contribution in [0.1, 0.15) is 149 Å². The second-order valence-electron chi connectivity index (χ2n) is 11.6. The normalized spacial score (nSPS) is 13.2. The zero-order chi connectivity index (χ0) is 32.0. The number of carbonyl (C=O) groups is 1. The molecular formula is C40H68O4. The van der Waals surface area contributed by atoms with Gasteiger partial charge in [-0.3, -0.25) is 4.79 Å². The van der Waals surface area contributed by atoms with E-state index < -0.39 is 6.10 Å². The molecule has 1 atom stereocenters. The van der Waals surface area contributed by atoms with E-state index in [9.17, 15) is 9.90 Å². The molecule has 0 amide bonds.